The molecular weight excluding hydrogens is 438 g/mol. The van der Waals surface area contributed by atoms with Gasteiger partial charge in [-0.05, 0) is 46.5 Å². The Labute approximate surface area is 174 Å². The number of fused-ring (bicyclic) bond motifs is 1. The smallest absolute Gasteiger partial charge is 0.270 e. The van der Waals surface area contributed by atoms with Crippen LogP contribution in [0.4, 0.5) is 5.69 Å². The highest BCUT2D eigenvalue weighted by Crippen LogP contribution is 2.26. The Morgan fingerprint density at radius 2 is 2.14 bits per heavy atom. The molecule has 0 radical (unpaired) electrons. The second kappa shape index (κ2) is 7.96. The molecule has 0 fully saturated rings. The molecule has 8 nitrogen and oxygen atoms in total. The number of halogens is 1. The van der Waals surface area contributed by atoms with Gasteiger partial charge in [0.2, 0.25) is 0 Å². The number of pyridine rings is 1. The number of aromatic nitrogens is 3. The van der Waals surface area contributed by atoms with Crippen LogP contribution in [0.5, 0.6) is 0 Å². The topological polar surface area (TPSA) is 114 Å². The number of carbonyl (C=O) groups is 1. The standard InChI is InChI=1S/C20H16BrN5O3/c21-15-9-17-19(22-11-15)25-18(24-17)13-6-14(8-16(7-13)26(28)29)20(27)23-10-12-4-2-1-3-5-12/h2,4-9,11H,1,3,10H2,(H,23,27)(H,22,24,25). The number of hydrogen-bond donors (Lipinski definition) is 2. The Hall–Kier alpha value is -3.33. The van der Waals surface area contributed by atoms with Gasteiger partial charge in [-0.3, -0.25) is 14.9 Å². The first kappa shape index (κ1) is 19.0. The molecule has 0 saturated carbocycles. The van der Waals surface area contributed by atoms with Crippen molar-refractivity contribution in [1.82, 2.24) is 20.3 Å². The van der Waals surface area contributed by atoms with E-state index in [1.54, 1.807) is 18.3 Å². The number of amides is 1. The molecule has 0 saturated heterocycles. The number of hydrogen-bond acceptors (Lipinski definition) is 5. The van der Waals surface area contributed by atoms with Crippen molar-refractivity contribution < 1.29 is 9.72 Å². The van der Waals surface area contributed by atoms with Crippen LogP contribution in [0.2, 0.25) is 0 Å². The van der Waals surface area contributed by atoms with Crippen molar-refractivity contribution in [2.45, 2.75) is 12.8 Å². The number of nitro benzene ring substituents is 1. The van der Waals surface area contributed by atoms with E-state index < -0.39 is 4.92 Å². The number of aromatic amines is 1. The van der Waals surface area contributed by atoms with Gasteiger partial charge in [0.1, 0.15) is 11.3 Å². The number of allylic oxidation sites excluding steroid dienone is 2. The summed E-state index contributed by atoms with van der Waals surface area (Å²) in [5, 5.41) is 14.2. The molecule has 0 aliphatic heterocycles. The quantitative estimate of drug-likeness (QED) is 0.441. The fraction of sp³-hybridized carbons (Fsp3) is 0.150. The Morgan fingerprint density at radius 1 is 1.28 bits per heavy atom. The van der Waals surface area contributed by atoms with Gasteiger partial charge in [0.05, 0.1) is 4.92 Å². The van der Waals surface area contributed by atoms with Crippen LogP contribution in [0, 0.1) is 10.1 Å². The van der Waals surface area contributed by atoms with Crippen LogP contribution in [0.3, 0.4) is 0 Å². The van der Waals surface area contributed by atoms with Gasteiger partial charge in [0.15, 0.2) is 5.65 Å². The van der Waals surface area contributed by atoms with Crippen molar-refractivity contribution in [2.24, 2.45) is 0 Å². The average Bonchev–Trinajstić information content (AvgIpc) is 3.15. The predicted molar refractivity (Wildman–Crippen MR) is 112 cm³/mol. The summed E-state index contributed by atoms with van der Waals surface area (Å²) in [4.78, 5) is 35.2. The molecule has 0 unspecified atom stereocenters. The van der Waals surface area contributed by atoms with Gasteiger partial charge in [-0.25, -0.2) is 9.97 Å². The molecule has 2 heterocycles. The zero-order valence-corrected chi connectivity index (χ0v) is 16.8. The van der Waals surface area contributed by atoms with E-state index in [-0.39, 0.29) is 17.2 Å². The van der Waals surface area contributed by atoms with Gasteiger partial charge in [0.25, 0.3) is 11.6 Å². The summed E-state index contributed by atoms with van der Waals surface area (Å²) in [5.74, 6) is 0.0214. The molecule has 4 rings (SSSR count). The van der Waals surface area contributed by atoms with Crippen molar-refractivity contribution in [1.29, 1.82) is 0 Å². The second-order valence-electron chi connectivity index (χ2n) is 6.57. The maximum absolute atomic E-state index is 12.6. The highest BCUT2D eigenvalue weighted by Gasteiger charge is 2.17. The molecule has 2 aromatic heterocycles. The Bertz CT molecular complexity index is 1180. The molecule has 1 aliphatic rings. The van der Waals surface area contributed by atoms with Crippen molar-refractivity contribution >= 4 is 38.7 Å². The van der Waals surface area contributed by atoms with Crippen LogP contribution in [0.15, 0.2) is 58.7 Å². The normalized spacial score (nSPS) is 13.3. The summed E-state index contributed by atoms with van der Waals surface area (Å²) in [7, 11) is 0. The SMILES string of the molecule is O=C(NCC1=CCCC=C1)c1cc(-c2nc3cc(Br)cnc3[nH]2)cc([N+](=O)[O-])c1. The summed E-state index contributed by atoms with van der Waals surface area (Å²) in [5.41, 5.74) is 2.64. The van der Waals surface area contributed by atoms with E-state index in [1.807, 2.05) is 6.08 Å². The summed E-state index contributed by atoms with van der Waals surface area (Å²) >= 11 is 3.34. The van der Waals surface area contributed by atoms with Crippen molar-refractivity contribution in [3.63, 3.8) is 0 Å². The maximum Gasteiger partial charge on any atom is 0.270 e. The lowest BCUT2D eigenvalue weighted by Gasteiger charge is -2.09. The minimum atomic E-state index is -0.524. The van der Waals surface area contributed by atoms with Crippen LogP contribution in [0.25, 0.3) is 22.6 Å². The highest BCUT2D eigenvalue weighted by molar-refractivity contribution is 9.10. The number of carbonyl (C=O) groups excluding carboxylic acids is 1. The molecule has 1 aliphatic carbocycles. The monoisotopic (exact) mass is 453 g/mol. The molecule has 0 atom stereocenters. The minimum absolute atomic E-state index is 0.181. The number of nitro groups is 1. The lowest BCUT2D eigenvalue weighted by molar-refractivity contribution is -0.384. The number of nitrogens with one attached hydrogen (secondary N) is 2. The third kappa shape index (κ3) is 4.24. The number of imidazole rings is 1. The van der Waals surface area contributed by atoms with Gasteiger partial charge >= 0.3 is 0 Å². The number of benzene rings is 1. The van der Waals surface area contributed by atoms with E-state index in [9.17, 15) is 14.9 Å². The molecule has 1 amide bonds. The number of H-pyrrole nitrogens is 1. The second-order valence-corrected chi connectivity index (χ2v) is 7.49. The van der Waals surface area contributed by atoms with E-state index in [0.717, 1.165) is 22.9 Å². The van der Waals surface area contributed by atoms with Gasteiger partial charge in [-0.15, -0.1) is 0 Å². The molecule has 9 heteroatoms. The Balaban J connectivity index is 1.66. The number of nitrogens with zero attached hydrogens (tertiary/aromatic N) is 3. The molecule has 0 bridgehead atoms. The Kier molecular flexibility index (Phi) is 5.22. The summed E-state index contributed by atoms with van der Waals surface area (Å²) < 4.78 is 0.772. The fourth-order valence-electron chi connectivity index (χ4n) is 3.07. The number of non-ortho nitro benzene ring substituents is 1. The van der Waals surface area contributed by atoms with Gasteiger partial charge in [-0.2, -0.15) is 0 Å². The van der Waals surface area contributed by atoms with Gasteiger partial charge < -0.3 is 10.3 Å². The summed E-state index contributed by atoms with van der Waals surface area (Å²) in [6, 6.07) is 6.02. The Morgan fingerprint density at radius 3 is 2.90 bits per heavy atom. The van der Waals surface area contributed by atoms with Crippen LogP contribution >= 0.6 is 15.9 Å². The zero-order valence-electron chi connectivity index (χ0n) is 15.2. The van der Waals surface area contributed by atoms with Gasteiger partial charge in [0, 0.05) is 40.5 Å². The molecule has 1 aromatic carbocycles. The lowest BCUT2D eigenvalue weighted by atomic mass is 10.1. The van der Waals surface area contributed by atoms with Crippen LogP contribution in [-0.2, 0) is 0 Å². The molecule has 3 aromatic rings. The van der Waals surface area contributed by atoms with Crippen molar-refractivity contribution in [2.75, 3.05) is 6.54 Å². The van der Waals surface area contributed by atoms with E-state index in [0.29, 0.717) is 29.1 Å². The van der Waals surface area contributed by atoms with Crippen LogP contribution in [-0.4, -0.2) is 32.3 Å². The molecule has 0 spiro atoms. The predicted octanol–water partition coefficient (Wildman–Crippen LogP) is 4.30. The van der Waals surface area contributed by atoms with Gasteiger partial charge in [-0.1, -0.05) is 18.2 Å². The molecule has 146 valence electrons. The summed E-state index contributed by atoms with van der Waals surface area (Å²) in [6.07, 6.45) is 9.67. The number of rotatable bonds is 5. The van der Waals surface area contributed by atoms with Crippen molar-refractivity contribution in [3.8, 4) is 11.4 Å². The van der Waals surface area contributed by atoms with E-state index in [2.05, 4.69) is 48.4 Å². The minimum Gasteiger partial charge on any atom is -0.348 e. The third-order valence-electron chi connectivity index (χ3n) is 4.49. The van der Waals surface area contributed by atoms with E-state index in [1.165, 1.54) is 12.1 Å². The zero-order chi connectivity index (χ0) is 20.4. The molecular formula is C20H16BrN5O3. The fourth-order valence-corrected chi connectivity index (χ4v) is 3.39. The largest absolute Gasteiger partial charge is 0.348 e. The highest BCUT2D eigenvalue weighted by atomic mass is 79.9. The first-order valence-electron chi connectivity index (χ1n) is 8.94. The van der Waals surface area contributed by atoms with Crippen LogP contribution in [0.1, 0.15) is 23.2 Å². The van der Waals surface area contributed by atoms with E-state index in [4.69, 9.17) is 0 Å². The lowest BCUT2D eigenvalue weighted by Crippen LogP contribution is -2.25. The summed E-state index contributed by atoms with van der Waals surface area (Å²) in [6.45, 7) is 0.371. The first-order chi connectivity index (χ1) is 14.0. The molecule has 29 heavy (non-hydrogen) atoms. The third-order valence-corrected chi connectivity index (χ3v) is 4.93. The van der Waals surface area contributed by atoms with E-state index >= 15 is 0 Å². The molecule has 2 N–H and O–H groups in total. The average molecular weight is 454 g/mol. The van der Waals surface area contributed by atoms with Crippen molar-refractivity contribution in [3.05, 3.63) is 74.4 Å². The van der Waals surface area contributed by atoms with Crippen LogP contribution < -0.4 is 5.32 Å². The maximum atomic E-state index is 12.6. The first-order valence-corrected chi connectivity index (χ1v) is 9.74.